The summed E-state index contributed by atoms with van der Waals surface area (Å²) in [5.41, 5.74) is 0.457. The van der Waals surface area contributed by atoms with Crippen molar-refractivity contribution in [1.82, 2.24) is 5.32 Å². The van der Waals surface area contributed by atoms with Crippen LogP contribution in [0.3, 0.4) is 0 Å². The molecule has 98 valence electrons. The number of hydrogen-bond donors (Lipinski definition) is 1. The molecule has 0 aliphatic carbocycles. The van der Waals surface area contributed by atoms with Crippen LogP contribution < -0.4 is 5.32 Å². The summed E-state index contributed by atoms with van der Waals surface area (Å²) >= 11 is 0. The largest absolute Gasteiger partial charge is 0.316 e. The highest BCUT2D eigenvalue weighted by atomic mass is 14.9. The van der Waals surface area contributed by atoms with Crippen molar-refractivity contribution in [3.05, 3.63) is 0 Å². The summed E-state index contributed by atoms with van der Waals surface area (Å²) < 4.78 is 0. The second kappa shape index (κ2) is 7.32. The molecular formula is C15H33N. The van der Waals surface area contributed by atoms with E-state index >= 15 is 0 Å². The Morgan fingerprint density at radius 2 is 1.50 bits per heavy atom. The smallest absolute Gasteiger partial charge is 0.000772 e. The maximum Gasteiger partial charge on any atom is 0.000772 e. The molecule has 0 saturated heterocycles. The van der Waals surface area contributed by atoms with Crippen LogP contribution in [0.2, 0.25) is 0 Å². The second-order valence-corrected chi connectivity index (χ2v) is 6.77. The van der Waals surface area contributed by atoms with E-state index in [4.69, 9.17) is 0 Å². The van der Waals surface area contributed by atoms with Gasteiger partial charge in [-0.3, -0.25) is 0 Å². The van der Waals surface area contributed by atoms with Gasteiger partial charge in [-0.25, -0.2) is 0 Å². The van der Waals surface area contributed by atoms with E-state index in [1.807, 2.05) is 0 Å². The molecule has 1 unspecified atom stereocenters. The van der Waals surface area contributed by atoms with Gasteiger partial charge in [-0.05, 0) is 36.1 Å². The lowest BCUT2D eigenvalue weighted by molar-refractivity contribution is 0.176. The Hall–Kier alpha value is -0.0400. The van der Waals surface area contributed by atoms with Gasteiger partial charge >= 0.3 is 0 Å². The van der Waals surface area contributed by atoms with Gasteiger partial charge < -0.3 is 5.32 Å². The zero-order chi connectivity index (χ0) is 12.8. The Bertz CT molecular complexity index is 172. The minimum atomic E-state index is 0.457. The van der Waals surface area contributed by atoms with Crippen molar-refractivity contribution in [2.24, 2.45) is 23.2 Å². The summed E-state index contributed by atoms with van der Waals surface area (Å²) in [7, 11) is 0. The number of nitrogens with one attached hydrogen (secondary N) is 1. The third kappa shape index (κ3) is 6.52. The van der Waals surface area contributed by atoms with Crippen LogP contribution in [0, 0.1) is 23.2 Å². The Morgan fingerprint density at radius 3 is 1.88 bits per heavy atom. The van der Waals surface area contributed by atoms with E-state index in [1.165, 1.54) is 12.8 Å². The maximum absolute atomic E-state index is 3.63. The van der Waals surface area contributed by atoms with E-state index in [1.54, 1.807) is 0 Å². The highest BCUT2D eigenvalue weighted by molar-refractivity contribution is 4.80. The van der Waals surface area contributed by atoms with E-state index in [2.05, 4.69) is 53.8 Å². The molecule has 0 aromatic rings. The van der Waals surface area contributed by atoms with Crippen molar-refractivity contribution >= 4 is 0 Å². The summed E-state index contributed by atoms with van der Waals surface area (Å²) in [5, 5.41) is 3.63. The molecule has 0 aliphatic heterocycles. The molecule has 0 aromatic carbocycles. The summed E-state index contributed by atoms with van der Waals surface area (Å²) in [4.78, 5) is 0. The molecule has 0 aliphatic rings. The van der Waals surface area contributed by atoms with Gasteiger partial charge in [0.25, 0.3) is 0 Å². The molecule has 0 amide bonds. The van der Waals surface area contributed by atoms with Gasteiger partial charge in [0.2, 0.25) is 0 Å². The lowest BCUT2D eigenvalue weighted by Gasteiger charge is -2.35. The molecule has 16 heavy (non-hydrogen) atoms. The fraction of sp³-hybridized carbons (Fsp3) is 1.00. The zero-order valence-corrected chi connectivity index (χ0v) is 12.6. The van der Waals surface area contributed by atoms with Crippen molar-refractivity contribution in [2.45, 2.75) is 61.3 Å². The topological polar surface area (TPSA) is 12.0 Å². The first-order valence-corrected chi connectivity index (χ1v) is 6.98. The quantitative estimate of drug-likeness (QED) is 0.651. The third-order valence-electron chi connectivity index (χ3n) is 3.77. The maximum atomic E-state index is 3.63. The Balaban J connectivity index is 4.12. The van der Waals surface area contributed by atoms with Crippen molar-refractivity contribution in [3.8, 4) is 0 Å². The highest BCUT2D eigenvalue weighted by Gasteiger charge is 2.27. The Kier molecular flexibility index (Phi) is 7.30. The summed E-state index contributed by atoms with van der Waals surface area (Å²) in [6.07, 6.45) is 2.69. The monoisotopic (exact) mass is 227 g/mol. The van der Waals surface area contributed by atoms with Gasteiger partial charge in [-0.1, -0.05) is 54.9 Å². The molecule has 1 atom stereocenters. The molecule has 1 nitrogen and oxygen atoms in total. The van der Waals surface area contributed by atoms with Crippen LogP contribution in [0.15, 0.2) is 0 Å². The van der Waals surface area contributed by atoms with Crippen molar-refractivity contribution in [1.29, 1.82) is 0 Å². The van der Waals surface area contributed by atoms with Crippen LogP contribution >= 0.6 is 0 Å². The van der Waals surface area contributed by atoms with E-state index in [9.17, 15) is 0 Å². The normalized spacial score (nSPS) is 16.1. The fourth-order valence-corrected chi connectivity index (χ4v) is 1.85. The lowest BCUT2D eigenvalue weighted by Crippen LogP contribution is -2.37. The second-order valence-electron chi connectivity index (χ2n) is 6.77. The van der Waals surface area contributed by atoms with Gasteiger partial charge in [-0.15, -0.1) is 0 Å². The van der Waals surface area contributed by atoms with Crippen molar-refractivity contribution < 1.29 is 0 Å². The van der Waals surface area contributed by atoms with E-state index < -0.39 is 0 Å². The molecule has 0 heterocycles. The minimum Gasteiger partial charge on any atom is -0.316 e. The molecule has 0 bridgehead atoms. The molecule has 0 fully saturated rings. The molecule has 1 N–H and O–H groups in total. The Labute approximate surface area is 103 Å². The van der Waals surface area contributed by atoms with E-state index in [0.717, 1.165) is 30.8 Å². The van der Waals surface area contributed by atoms with E-state index in [0.29, 0.717) is 5.41 Å². The predicted molar refractivity (Wildman–Crippen MR) is 74.7 cm³/mol. The summed E-state index contributed by atoms with van der Waals surface area (Å²) in [6, 6.07) is 0. The van der Waals surface area contributed by atoms with Crippen LogP contribution in [0.1, 0.15) is 61.3 Å². The van der Waals surface area contributed by atoms with Crippen LogP contribution in [0.25, 0.3) is 0 Å². The van der Waals surface area contributed by atoms with Gasteiger partial charge in [0.15, 0.2) is 0 Å². The average Bonchev–Trinajstić information content (AvgIpc) is 2.13. The highest BCUT2D eigenvalue weighted by Crippen LogP contribution is 2.33. The molecule has 0 saturated carbocycles. The molecule has 0 aromatic heterocycles. The lowest BCUT2D eigenvalue weighted by atomic mass is 9.74. The summed E-state index contributed by atoms with van der Waals surface area (Å²) in [5.74, 6) is 2.33. The molecule has 0 rings (SSSR count). The van der Waals surface area contributed by atoms with Gasteiger partial charge in [0.1, 0.15) is 0 Å². The first-order chi connectivity index (χ1) is 7.28. The van der Waals surface area contributed by atoms with Crippen LogP contribution in [-0.4, -0.2) is 13.1 Å². The Morgan fingerprint density at radius 1 is 0.938 bits per heavy atom. The molecule has 0 spiro atoms. The predicted octanol–water partition coefficient (Wildman–Crippen LogP) is 4.33. The summed E-state index contributed by atoms with van der Waals surface area (Å²) in [6.45, 7) is 18.6. The number of hydrogen-bond acceptors (Lipinski definition) is 1. The van der Waals surface area contributed by atoms with Crippen LogP contribution in [0.4, 0.5) is 0 Å². The van der Waals surface area contributed by atoms with Crippen LogP contribution in [0.5, 0.6) is 0 Å². The molecular weight excluding hydrogens is 194 g/mol. The third-order valence-corrected chi connectivity index (χ3v) is 3.77. The van der Waals surface area contributed by atoms with Crippen molar-refractivity contribution in [3.63, 3.8) is 0 Å². The first-order valence-electron chi connectivity index (χ1n) is 6.98. The standard InChI is InChI=1S/C15H33N/c1-12(2)8-9-15(7,14(5)6)11-16-10-13(3)4/h12-14,16H,8-11H2,1-7H3. The first kappa shape index (κ1) is 16.0. The van der Waals surface area contributed by atoms with E-state index in [-0.39, 0.29) is 0 Å². The van der Waals surface area contributed by atoms with Gasteiger partial charge in [-0.2, -0.15) is 0 Å². The SMILES string of the molecule is CC(C)CCC(C)(CNCC(C)C)C(C)C. The zero-order valence-electron chi connectivity index (χ0n) is 12.6. The molecule has 0 radical (unpaired) electrons. The van der Waals surface area contributed by atoms with Crippen molar-refractivity contribution in [2.75, 3.05) is 13.1 Å². The van der Waals surface area contributed by atoms with Gasteiger partial charge in [0.05, 0.1) is 0 Å². The minimum absolute atomic E-state index is 0.457. The molecule has 1 heteroatoms. The number of rotatable bonds is 8. The average molecular weight is 227 g/mol. The van der Waals surface area contributed by atoms with Gasteiger partial charge in [0, 0.05) is 6.54 Å². The van der Waals surface area contributed by atoms with Crippen LogP contribution in [-0.2, 0) is 0 Å². The fourth-order valence-electron chi connectivity index (χ4n) is 1.85.